The molecule has 4 aromatic rings. The molecule has 6 nitrogen and oxygen atoms in total. The standard InChI is InChI=1S/C28H21FN2O4S2/c1-15-6-2-3-7-16(15)14-35-20-9-5-4-8-19(20)21-22-24(36-25-23(21)37-28(34)30-25)27(33)31(26(22)32)18-12-10-17(29)11-13-18/h2-13,21-22,24H,14H2,1H3,(H,30,34). The Kier molecular flexibility index (Phi) is 5.97. The lowest BCUT2D eigenvalue weighted by Gasteiger charge is -2.30. The van der Waals surface area contributed by atoms with Gasteiger partial charge in [-0.2, -0.15) is 0 Å². The van der Waals surface area contributed by atoms with Gasteiger partial charge in [-0.3, -0.25) is 14.4 Å². The van der Waals surface area contributed by atoms with Crippen LogP contribution in [0.3, 0.4) is 0 Å². The van der Waals surface area contributed by atoms with E-state index in [0.29, 0.717) is 27.9 Å². The maximum absolute atomic E-state index is 13.8. The molecule has 3 atom stereocenters. The van der Waals surface area contributed by atoms with Crippen LogP contribution in [0.5, 0.6) is 5.75 Å². The number of hydrogen-bond acceptors (Lipinski definition) is 6. The van der Waals surface area contributed by atoms with Gasteiger partial charge in [-0.15, -0.1) is 0 Å². The Hall–Kier alpha value is -3.69. The van der Waals surface area contributed by atoms with E-state index in [2.05, 4.69) is 4.98 Å². The van der Waals surface area contributed by atoms with Crippen LogP contribution in [-0.2, 0) is 16.2 Å². The van der Waals surface area contributed by atoms with Crippen molar-refractivity contribution in [1.82, 2.24) is 4.98 Å². The number of aryl methyl sites for hydroxylation is 1. The van der Waals surface area contributed by atoms with Crippen LogP contribution in [0.1, 0.15) is 27.5 Å². The highest BCUT2D eigenvalue weighted by Crippen LogP contribution is 2.54. The van der Waals surface area contributed by atoms with Gasteiger partial charge in [0.2, 0.25) is 11.8 Å². The summed E-state index contributed by atoms with van der Waals surface area (Å²) >= 11 is 2.26. The first-order chi connectivity index (χ1) is 17.9. The number of halogens is 1. The minimum absolute atomic E-state index is 0.240. The van der Waals surface area contributed by atoms with E-state index < -0.39 is 22.9 Å². The lowest BCUT2D eigenvalue weighted by atomic mass is 9.82. The van der Waals surface area contributed by atoms with Crippen LogP contribution >= 0.6 is 23.1 Å². The zero-order valence-electron chi connectivity index (χ0n) is 19.6. The van der Waals surface area contributed by atoms with Crippen LogP contribution in [0.4, 0.5) is 10.1 Å². The second-order valence-electron chi connectivity index (χ2n) is 8.99. The van der Waals surface area contributed by atoms with Gasteiger partial charge in [0.1, 0.15) is 23.4 Å². The van der Waals surface area contributed by atoms with E-state index in [9.17, 15) is 18.8 Å². The molecule has 2 amide bonds. The second-order valence-corrected chi connectivity index (χ2v) is 11.2. The summed E-state index contributed by atoms with van der Waals surface area (Å²) in [6.07, 6.45) is 0. The van der Waals surface area contributed by atoms with Crippen molar-refractivity contribution in [3.05, 3.63) is 110 Å². The number of hydrogen-bond donors (Lipinski definition) is 1. The highest BCUT2D eigenvalue weighted by atomic mass is 32.2. The molecule has 0 spiro atoms. The number of H-pyrrole nitrogens is 1. The lowest BCUT2D eigenvalue weighted by molar-refractivity contribution is -0.122. The topological polar surface area (TPSA) is 79.5 Å². The first-order valence-corrected chi connectivity index (χ1v) is 13.4. The molecule has 3 heterocycles. The van der Waals surface area contributed by atoms with Crippen molar-refractivity contribution in [3.8, 4) is 5.75 Å². The minimum atomic E-state index is -0.746. The maximum Gasteiger partial charge on any atom is 0.305 e. The summed E-state index contributed by atoms with van der Waals surface area (Å²) < 4.78 is 19.8. The predicted molar refractivity (Wildman–Crippen MR) is 141 cm³/mol. The van der Waals surface area contributed by atoms with Crippen LogP contribution < -0.4 is 14.5 Å². The van der Waals surface area contributed by atoms with E-state index in [4.69, 9.17) is 4.74 Å². The molecule has 1 N–H and O–H groups in total. The molecule has 3 unspecified atom stereocenters. The van der Waals surface area contributed by atoms with Crippen LogP contribution in [0, 0.1) is 18.7 Å². The Balaban J connectivity index is 1.43. The number of para-hydroxylation sites is 1. The van der Waals surface area contributed by atoms with Gasteiger partial charge in [0.15, 0.2) is 0 Å². The maximum atomic E-state index is 13.8. The molecule has 1 saturated heterocycles. The number of nitrogens with one attached hydrogen (secondary N) is 1. The van der Waals surface area contributed by atoms with Crippen molar-refractivity contribution in [2.75, 3.05) is 4.90 Å². The minimum Gasteiger partial charge on any atom is -0.489 e. The van der Waals surface area contributed by atoms with Gasteiger partial charge in [0.05, 0.1) is 16.6 Å². The zero-order chi connectivity index (χ0) is 25.7. The Bertz CT molecular complexity index is 1580. The number of aromatic nitrogens is 1. The highest BCUT2D eigenvalue weighted by Gasteiger charge is 2.56. The molecule has 0 bridgehead atoms. The van der Waals surface area contributed by atoms with E-state index in [0.717, 1.165) is 32.9 Å². The van der Waals surface area contributed by atoms with Gasteiger partial charge >= 0.3 is 4.87 Å². The van der Waals surface area contributed by atoms with Gasteiger partial charge in [0, 0.05) is 16.4 Å². The quantitative estimate of drug-likeness (QED) is 0.355. The van der Waals surface area contributed by atoms with Crippen molar-refractivity contribution < 1.29 is 18.7 Å². The highest BCUT2D eigenvalue weighted by molar-refractivity contribution is 8.00. The molecular weight excluding hydrogens is 511 g/mol. The molecule has 9 heteroatoms. The van der Waals surface area contributed by atoms with Crippen molar-refractivity contribution in [3.63, 3.8) is 0 Å². The number of benzene rings is 3. The Labute approximate surface area is 220 Å². The second kappa shape index (κ2) is 9.32. The Morgan fingerprint density at radius 1 is 0.946 bits per heavy atom. The third-order valence-electron chi connectivity index (χ3n) is 6.81. The molecule has 1 fully saturated rings. The molecule has 3 aromatic carbocycles. The summed E-state index contributed by atoms with van der Waals surface area (Å²) in [4.78, 5) is 44.2. The van der Waals surface area contributed by atoms with Crippen molar-refractivity contribution in [2.45, 2.75) is 29.7 Å². The van der Waals surface area contributed by atoms with Gasteiger partial charge in [-0.25, -0.2) is 9.29 Å². The average Bonchev–Trinajstić information content (AvgIpc) is 3.39. The third-order valence-corrected chi connectivity index (χ3v) is 9.21. The number of ether oxygens (including phenoxy) is 1. The van der Waals surface area contributed by atoms with Crippen molar-refractivity contribution >= 4 is 40.6 Å². The van der Waals surface area contributed by atoms with E-state index in [-0.39, 0.29) is 16.7 Å². The number of imide groups is 1. The number of rotatable bonds is 5. The summed E-state index contributed by atoms with van der Waals surface area (Å²) in [7, 11) is 0. The SMILES string of the molecule is Cc1ccccc1COc1ccccc1C1c2sc(=O)[nH]c2SC2C(=O)N(c3ccc(F)cc3)C(=O)C21. The fraction of sp³-hybridized carbons (Fsp3) is 0.179. The predicted octanol–water partition coefficient (Wildman–Crippen LogP) is 5.26. The number of amides is 2. The van der Waals surface area contributed by atoms with Crippen LogP contribution in [-0.4, -0.2) is 22.0 Å². The number of fused-ring (bicyclic) bond motifs is 2. The van der Waals surface area contributed by atoms with E-state index in [1.165, 1.54) is 36.0 Å². The van der Waals surface area contributed by atoms with E-state index >= 15 is 0 Å². The Morgan fingerprint density at radius 3 is 2.46 bits per heavy atom. The van der Waals surface area contributed by atoms with Gasteiger partial charge in [-0.05, 0) is 48.4 Å². The van der Waals surface area contributed by atoms with Gasteiger partial charge < -0.3 is 9.72 Å². The van der Waals surface area contributed by atoms with E-state index in [1.807, 2.05) is 55.5 Å². The zero-order valence-corrected chi connectivity index (χ0v) is 21.3. The number of thiazole rings is 1. The number of thioether (sulfide) groups is 1. The monoisotopic (exact) mass is 532 g/mol. The molecule has 37 heavy (non-hydrogen) atoms. The molecule has 0 saturated carbocycles. The van der Waals surface area contributed by atoms with Gasteiger partial charge in [0.25, 0.3) is 0 Å². The number of aromatic amines is 1. The first kappa shape index (κ1) is 23.7. The third kappa shape index (κ3) is 4.08. The molecule has 2 aliphatic rings. The summed E-state index contributed by atoms with van der Waals surface area (Å²) in [6, 6.07) is 20.7. The smallest absolute Gasteiger partial charge is 0.305 e. The summed E-state index contributed by atoms with van der Waals surface area (Å²) in [5, 5.41) is -0.137. The fourth-order valence-corrected chi connectivity index (χ4v) is 7.50. The summed E-state index contributed by atoms with van der Waals surface area (Å²) in [5.74, 6) is -1.92. The Morgan fingerprint density at radius 2 is 1.68 bits per heavy atom. The lowest BCUT2D eigenvalue weighted by Crippen LogP contribution is -2.32. The largest absolute Gasteiger partial charge is 0.489 e. The fourth-order valence-electron chi connectivity index (χ4n) is 4.99. The number of carbonyl (C=O) groups is 2. The molecular formula is C28H21FN2O4S2. The first-order valence-electron chi connectivity index (χ1n) is 11.7. The van der Waals surface area contributed by atoms with Crippen LogP contribution in [0.15, 0.2) is 82.6 Å². The number of nitrogens with zero attached hydrogens (tertiary/aromatic N) is 1. The summed E-state index contributed by atoms with van der Waals surface area (Å²) in [5.41, 5.74) is 3.21. The molecule has 186 valence electrons. The molecule has 6 rings (SSSR count). The molecule has 0 aliphatic carbocycles. The molecule has 2 aliphatic heterocycles. The normalized spacial score (nSPS) is 20.6. The van der Waals surface area contributed by atoms with Crippen molar-refractivity contribution in [1.29, 1.82) is 0 Å². The van der Waals surface area contributed by atoms with Crippen molar-refractivity contribution in [2.24, 2.45) is 5.92 Å². The molecule has 0 radical (unpaired) electrons. The van der Waals surface area contributed by atoms with Crippen LogP contribution in [0.2, 0.25) is 0 Å². The summed E-state index contributed by atoms with van der Waals surface area (Å²) in [6.45, 7) is 2.36. The van der Waals surface area contributed by atoms with Gasteiger partial charge in [-0.1, -0.05) is 65.6 Å². The number of carbonyl (C=O) groups excluding carboxylic acids is 2. The van der Waals surface area contributed by atoms with E-state index in [1.54, 1.807) is 0 Å². The van der Waals surface area contributed by atoms with Crippen LogP contribution in [0.25, 0.3) is 0 Å². The number of anilines is 1. The average molecular weight is 533 g/mol. The molecule has 1 aromatic heterocycles.